The molecule has 72 heavy (non-hydrogen) atoms. The van der Waals surface area contributed by atoms with Crippen LogP contribution in [0.2, 0.25) is 0 Å². The van der Waals surface area contributed by atoms with Crippen LogP contribution >= 0.6 is 0 Å². The van der Waals surface area contributed by atoms with Crippen LogP contribution in [0.15, 0.2) is 249 Å². The van der Waals surface area contributed by atoms with Crippen molar-refractivity contribution in [2.24, 2.45) is 0 Å². The zero-order valence-electron chi connectivity index (χ0n) is 38.9. The fourth-order valence-corrected chi connectivity index (χ4v) is 12.3. The van der Waals surface area contributed by atoms with E-state index in [0.29, 0.717) is 0 Å². The molecule has 11 aromatic carbocycles. The first-order valence-corrected chi connectivity index (χ1v) is 24.7. The van der Waals surface area contributed by atoms with Gasteiger partial charge in [-0.05, 0) is 70.4 Å². The van der Waals surface area contributed by atoms with E-state index in [-0.39, 0.29) is 0 Å². The first-order chi connectivity index (χ1) is 35.8. The van der Waals surface area contributed by atoms with Crippen molar-refractivity contribution in [1.82, 2.24) is 23.3 Å². The molecule has 0 saturated carbocycles. The third-order valence-corrected chi connectivity index (χ3v) is 15.3. The van der Waals surface area contributed by atoms with E-state index in [4.69, 9.17) is 4.98 Å². The molecule has 0 unspecified atom stereocenters. The van der Waals surface area contributed by atoms with Crippen molar-refractivity contribution in [2.45, 2.75) is 0 Å². The Hall–Kier alpha value is -9.71. The second-order valence-electron chi connectivity index (χ2n) is 19.1. The van der Waals surface area contributed by atoms with E-state index >= 15 is 0 Å². The minimum Gasteiger partial charge on any atom is -0.307 e. The number of benzene rings is 11. The lowest BCUT2D eigenvalue weighted by atomic mass is 10.1. The SMILES string of the molecule is c1ccc(-c2cc(-n3c4ccccc4c4ccc5c6ccccc6n(-c6cccc7ccccc67)c5c43)nc(-n3c4ccccc4c4ccc5c6ccccc6n(-c6cccc7ccccc67)c5c43)c2)cc1. The molecule has 0 radical (unpaired) electrons. The predicted molar refractivity (Wildman–Crippen MR) is 302 cm³/mol. The average Bonchev–Trinajstić information content (AvgIpc) is 4.18. The highest BCUT2D eigenvalue weighted by atomic mass is 15.2. The van der Waals surface area contributed by atoms with Crippen LogP contribution in [-0.2, 0) is 0 Å². The van der Waals surface area contributed by atoms with Gasteiger partial charge in [0.1, 0.15) is 11.6 Å². The first kappa shape index (κ1) is 39.2. The van der Waals surface area contributed by atoms with Crippen LogP contribution in [0.1, 0.15) is 0 Å². The molecule has 0 saturated heterocycles. The Morgan fingerprint density at radius 3 is 0.958 bits per heavy atom. The lowest BCUT2D eigenvalue weighted by molar-refractivity contribution is 1.01. The zero-order chi connectivity index (χ0) is 47.0. The van der Waals surface area contributed by atoms with Crippen molar-refractivity contribution < 1.29 is 0 Å². The van der Waals surface area contributed by atoms with Crippen LogP contribution in [-0.4, -0.2) is 23.3 Å². The summed E-state index contributed by atoms with van der Waals surface area (Å²) in [7, 11) is 0. The van der Waals surface area contributed by atoms with Gasteiger partial charge in [0.05, 0.1) is 55.5 Å². The molecule has 5 heterocycles. The molecule has 0 aliphatic heterocycles. The van der Waals surface area contributed by atoms with Crippen LogP contribution in [0.25, 0.3) is 143 Å². The van der Waals surface area contributed by atoms with Crippen LogP contribution in [0, 0.1) is 0 Å². The number of nitrogens with zero attached hydrogens (tertiary/aromatic N) is 5. The van der Waals surface area contributed by atoms with Gasteiger partial charge in [-0.15, -0.1) is 0 Å². The van der Waals surface area contributed by atoms with Gasteiger partial charge in [0.2, 0.25) is 0 Å². The number of hydrogen-bond donors (Lipinski definition) is 0. The maximum Gasteiger partial charge on any atom is 0.140 e. The number of fused-ring (bicyclic) bond motifs is 16. The quantitative estimate of drug-likeness (QED) is 0.169. The Kier molecular flexibility index (Phi) is 8.10. The maximum atomic E-state index is 5.98. The summed E-state index contributed by atoms with van der Waals surface area (Å²) in [5, 5.41) is 14.3. The monoisotopic (exact) mass is 915 g/mol. The van der Waals surface area contributed by atoms with Gasteiger partial charge >= 0.3 is 0 Å². The Morgan fingerprint density at radius 1 is 0.222 bits per heavy atom. The van der Waals surface area contributed by atoms with Gasteiger partial charge in [-0.2, -0.15) is 0 Å². The van der Waals surface area contributed by atoms with Gasteiger partial charge in [-0.25, -0.2) is 4.98 Å². The van der Waals surface area contributed by atoms with Crippen molar-refractivity contribution in [1.29, 1.82) is 0 Å². The van der Waals surface area contributed by atoms with Gasteiger partial charge in [0.15, 0.2) is 0 Å². The number of hydrogen-bond acceptors (Lipinski definition) is 1. The lowest BCUT2D eigenvalue weighted by Gasteiger charge is -2.17. The Labute approximate surface area is 412 Å². The van der Waals surface area contributed by atoms with E-state index in [0.717, 1.165) is 78.3 Å². The van der Waals surface area contributed by atoms with E-state index in [1.54, 1.807) is 0 Å². The van der Waals surface area contributed by atoms with E-state index in [1.807, 2.05) is 0 Å². The van der Waals surface area contributed by atoms with E-state index in [9.17, 15) is 0 Å². The Morgan fingerprint density at radius 2 is 0.542 bits per heavy atom. The summed E-state index contributed by atoms with van der Waals surface area (Å²) in [6, 6.07) is 90.9. The molecule has 0 bridgehead atoms. The fraction of sp³-hybridized carbons (Fsp3) is 0. The lowest BCUT2D eigenvalue weighted by Crippen LogP contribution is -2.06. The van der Waals surface area contributed by atoms with E-state index < -0.39 is 0 Å². The molecule has 0 amide bonds. The van der Waals surface area contributed by atoms with Crippen LogP contribution in [0.5, 0.6) is 0 Å². The molecule has 16 rings (SSSR count). The molecule has 5 heteroatoms. The smallest absolute Gasteiger partial charge is 0.140 e. The van der Waals surface area contributed by atoms with Crippen molar-refractivity contribution in [3.05, 3.63) is 249 Å². The molecule has 0 fully saturated rings. The van der Waals surface area contributed by atoms with Crippen molar-refractivity contribution in [3.63, 3.8) is 0 Å². The number of para-hydroxylation sites is 4. The van der Waals surface area contributed by atoms with Gasteiger partial charge in [0, 0.05) is 53.9 Å². The Bertz CT molecular complexity index is 4630. The summed E-state index contributed by atoms with van der Waals surface area (Å²) < 4.78 is 9.89. The van der Waals surface area contributed by atoms with Crippen molar-refractivity contribution in [3.8, 4) is 34.1 Å². The normalized spacial score (nSPS) is 12.2. The van der Waals surface area contributed by atoms with Crippen molar-refractivity contribution in [2.75, 3.05) is 0 Å². The predicted octanol–water partition coefficient (Wildman–Crippen LogP) is 17.4. The summed E-state index contributed by atoms with van der Waals surface area (Å²) in [5.41, 5.74) is 13.5. The van der Waals surface area contributed by atoms with Gasteiger partial charge in [0.25, 0.3) is 0 Å². The second kappa shape index (κ2) is 14.9. The summed E-state index contributed by atoms with van der Waals surface area (Å²) in [4.78, 5) is 5.98. The molecular weight excluding hydrogens is 875 g/mol. The number of aromatic nitrogens is 5. The van der Waals surface area contributed by atoms with Gasteiger partial charge < -0.3 is 9.13 Å². The fourth-order valence-electron chi connectivity index (χ4n) is 12.3. The van der Waals surface area contributed by atoms with Crippen molar-refractivity contribution >= 4 is 109 Å². The minimum atomic E-state index is 0.840. The van der Waals surface area contributed by atoms with Gasteiger partial charge in [-0.1, -0.05) is 200 Å². The largest absolute Gasteiger partial charge is 0.307 e. The average molecular weight is 916 g/mol. The van der Waals surface area contributed by atoms with E-state index in [1.165, 1.54) is 64.6 Å². The summed E-state index contributed by atoms with van der Waals surface area (Å²) in [6.45, 7) is 0. The molecule has 16 aromatic rings. The molecule has 0 N–H and O–H groups in total. The molecule has 334 valence electrons. The molecular formula is C67H41N5. The summed E-state index contributed by atoms with van der Waals surface area (Å²) in [6.07, 6.45) is 0. The van der Waals surface area contributed by atoms with Gasteiger partial charge in [-0.3, -0.25) is 9.13 Å². The molecule has 5 nitrogen and oxygen atoms in total. The van der Waals surface area contributed by atoms with E-state index in [2.05, 4.69) is 267 Å². The highest BCUT2D eigenvalue weighted by Gasteiger charge is 2.26. The van der Waals surface area contributed by atoms with Crippen LogP contribution in [0.3, 0.4) is 0 Å². The summed E-state index contributed by atoms with van der Waals surface area (Å²) >= 11 is 0. The topological polar surface area (TPSA) is 32.6 Å². The third kappa shape index (κ3) is 5.39. The minimum absolute atomic E-state index is 0.840. The number of rotatable bonds is 5. The molecule has 5 aromatic heterocycles. The standard InChI is InChI=1S/C67H41N5/c1-2-18-42(19-3-1)45-40-62(71-60-32-14-10-28-50(60)54-38-36-52-48-26-8-12-30-58(48)69(64(52)66(54)71)56-34-16-22-43-20-4-6-24-46(43)56)68-63(41-45)72-61-33-15-11-29-51(61)55-39-37-53-49-27-9-13-31-59(49)70(65(53)67(55)72)57-35-17-23-44-21-5-7-25-47(44)57/h1-41H. The molecule has 0 aliphatic rings. The highest BCUT2D eigenvalue weighted by Crippen LogP contribution is 2.46. The third-order valence-electron chi connectivity index (χ3n) is 15.3. The number of pyridine rings is 1. The molecule has 0 spiro atoms. The first-order valence-electron chi connectivity index (χ1n) is 24.7. The van der Waals surface area contributed by atoms with Crippen LogP contribution < -0.4 is 0 Å². The summed E-state index contributed by atoms with van der Waals surface area (Å²) in [5.74, 6) is 1.68. The van der Waals surface area contributed by atoms with Crippen LogP contribution in [0.4, 0.5) is 0 Å². The molecule has 0 aliphatic carbocycles. The second-order valence-corrected chi connectivity index (χ2v) is 19.1. The maximum absolute atomic E-state index is 5.98. The molecule has 0 atom stereocenters. The zero-order valence-corrected chi connectivity index (χ0v) is 38.9. The highest BCUT2D eigenvalue weighted by molar-refractivity contribution is 6.26. The Balaban J connectivity index is 1.08.